The van der Waals surface area contributed by atoms with Crippen LogP contribution < -0.4 is 0 Å². The zero-order valence-corrected chi connectivity index (χ0v) is 8.39. The van der Waals surface area contributed by atoms with Gasteiger partial charge in [-0.3, -0.25) is 9.59 Å². The topological polar surface area (TPSA) is 54.4 Å². The molecule has 3 nitrogen and oxygen atoms in total. The van der Waals surface area contributed by atoms with Crippen molar-refractivity contribution in [3.05, 3.63) is 0 Å². The van der Waals surface area contributed by atoms with Crippen LogP contribution in [0.3, 0.4) is 0 Å². The van der Waals surface area contributed by atoms with Gasteiger partial charge in [0.15, 0.2) is 0 Å². The Bertz CT molecular complexity index is 255. The van der Waals surface area contributed by atoms with Crippen LogP contribution in [-0.2, 0) is 9.59 Å². The van der Waals surface area contributed by atoms with Gasteiger partial charge in [0, 0.05) is 12.8 Å². The van der Waals surface area contributed by atoms with Crippen molar-refractivity contribution < 1.29 is 14.7 Å². The molecule has 1 aliphatic rings. The molecular weight excluding hydrogens is 168 g/mol. The number of carboxylic acid groups (broad SMARTS) is 1. The number of carboxylic acids is 1. The molecule has 1 N–H and O–H groups in total. The van der Waals surface area contributed by atoms with Crippen LogP contribution in [0.5, 0.6) is 0 Å². The quantitative estimate of drug-likeness (QED) is 0.676. The number of ketones is 1. The fraction of sp³-hybridized carbons (Fsp3) is 0.800. The van der Waals surface area contributed by atoms with Gasteiger partial charge in [0.2, 0.25) is 0 Å². The lowest BCUT2D eigenvalue weighted by molar-refractivity contribution is -0.155. The first-order valence-electron chi connectivity index (χ1n) is 4.50. The van der Waals surface area contributed by atoms with Crippen LogP contribution in [0.15, 0.2) is 0 Å². The van der Waals surface area contributed by atoms with Crippen LogP contribution in [0.2, 0.25) is 0 Å². The summed E-state index contributed by atoms with van der Waals surface area (Å²) in [6.07, 6.45) is 1.28. The molecule has 0 saturated heterocycles. The van der Waals surface area contributed by atoms with Crippen molar-refractivity contribution in [2.75, 3.05) is 0 Å². The summed E-state index contributed by atoms with van der Waals surface area (Å²) >= 11 is 0. The highest BCUT2D eigenvalue weighted by Gasteiger charge is 2.45. The fourth-order valence-electron chi connectivity index (χ4n) is 2.36. The van der Waals surface area contributed by atoms with Crippen molar-refractivity contribution in [2.45, 2.75) is 40.0 Å². The lowest BCUT2D eigenvalue weighted by Crippen LogP contribution is -2.41. The molecule has 3 heteroatoms. The number of carbonyl (C=O) groups excluding carboxylic acids is 1. The van der Waals surface area contributed by atoms with Gasteiger partial charge in [0.1, 0.15) is 5.78 Å². The second kappa shape index (κ2) is 2.82. The highest BCUT2D eigenvalue weighted by atomic mass is 16.4. The minimum absolute atomic E-state index is 0.0705. The van der Waals surface area contributed by atoms with Gasteiger partial charge in [-0.15, -0.1) is 0 Å². The predicted octanol–water partition coefficient (Wildman–Crippen LogP) is 1.86. The second-order valence-corrected chi connectivity index (χ2v) is 5.10. The molecular formula is C10H16O3. The van der Waals surface area contributed by atoms with Crippen molar-refractivity contribution in [3.63, 3.8) is 0 Å². The molecule has 0 aliphatic heterocycles. The first-order valence-corrected chi connectivity index (χ1v) is 4.50. The van der Waals surface area contributed by atoms with Gasteiger partial charge in [0.25, 0.3) is 0 Å². The van der Waals surface area contributed by atoms with Gasteiger partial charge < -0.3 is 5.11 Å². The summed E-state index contributed by atoms with van der Waals surface area (Å²) in [5, 5.41) is 9.00. The van der Waals surface area contributed by atoms with E-state index in [9.17, 15) is 9.59 Å². The van der Waals surface area contributed by atoms with Gasteiger partial charge in [0.05, 0.1) is 5.41 Å². The van der Waals surface area contributed by atoms with E-state index in [1.165, 1.54) is 0 Å². The Kier molecular flexibility index (Phi) is 2.22. The van der Waals surface area contributed by atoms with E-state index in [1.807, 2.05) is 13.8 Å². The van der Waals surface area contributed by atoms with Crippen molar-refractivity contribution in [1.82, 2.24) is 0 Å². The third-order valence-corrected chi connectivity index (χ3v) is 2.65. The summed E-state index contributed by atoms with van der Waals surface area (Å²) in [7, 11) is 0. The van der Waals surface area contributed by atoms with E-state index in [1.54, 1.807) is 6.92 Å². The highest BCUT2D eigenvalue weighted by Crippen LogP contribution is 2.44. The lowest BCUT2D eigenvalue weighted by atomic mass is 9.64. The van der Waals surface area contributed by atoms with E-state index in [0.29, 0.717) is 12.8 Å². The standard InChI is InChI=1S/C10H16O3/c1-9(2)4-7(11)5-10(3,6-9)8(12)13/h4-6H2,1-3H3,(H,12,13). The molecule has 1 rings (SSSR count). The summed E-state index contributed by atoms with van der Waals surface area (Å²) in [5.41, 5.74) is -1.01. The van der Waals surface area contributed by atoms with E-state index in [4.69, 9.17) is 5.11 Å². The molecule has 0 heterocycles. The highest BCUT2D eigenvalue weighted by molar-refractivity contribution is 5.87. The van der Waals surface area contributed by atoms with Crippen LogP contribution in [0.1, 0.15) is 40.0 Å². The molecule has 1 aliphatic carbocycles. The first-order chi connectivity index (χ1) is 5.75. The van der Waals surface area contributed by atoms with Gasteiger partial charge in [-0.1, -0.05) is 13.8 Å². The molecule has 13 heavy (non-hydrogen) atoms. The van der Waals surface area contributed by atoms with Gasteiger partial charge in [-0.25, -0.2) is 0 Å². The summed E-state index contributed by atoms with van der Waals surface area (Å²) in [5.74, 6) is -0.783. The van der Waals surface area contributed by atoms with Crippen LogP contribution in [0.4, 0.5) is 0 Å². The molecule has 1 atom stereocenters. The van der Waals surface area contributed by atoms with E-state index in [-0.39, 0.29) is 17.6 Å². The second-order valence-electron chi connectivity index (χ2n) is 5.10. The monoisotopic (exact) mass is 184 g/mol. The Morgan fingerprint density at radius 2 is 1.85 bits per heavy atom. The maximum absolute atomic E-state index is 11.3. The molecule has 74 valence electrons. The minimum atomic E-state index is -0.853. The van der Waals surface area contributed by atoms with E-state index < -0.39 is 11.4 Å². The molecule has 0 radical (unpaired) electrons. The molecule has 1 unspecified atom stereocenters. The lowest BCUT2D eigenvalue weighted by Gasteiger charge is -2.38. The average Bonchev–Trinajstić information content (AvgIpc) is 1.79. The maximum Gasteiger partial charge on any atom is 0.309 e. The Labute approximate surface area is 78.1 Å². The molecule has 1 fully saturated rings. The summed E-state index contributed by atoms with van der Waals surface area (Å²) in [6.45, 7) is 5.56. The predicted molar refractivity (Wildman–Crippen MR) is 48.4 cm³/mol. The van der Waals surface area contributed by atoms with Crippen LogP contribution >= 0.6 is 0 Å². The van der Waals surface area contributed by atoms with Crippen molar-refractivity contribution in [3.8, 4) is 0 Å². The number of carbonyl (C=O) groups is 2. The van der Waals surface area contributed by atoms with E-state index in [0.717, 1.165) is 0 Å². The third kappa shape index (κ3) is 2.08. The van der Waals surface area contributed by atoms with Gasteiger partial charge >= 0.3 is 5.97 Å². The van der Waals surface area contributed by atoms with Gasteiger partial charge in [-0.2, -0.15) is 0 Å². The largest absolute Gasteiger partial charge is 0.481 e. The van der Waals surface area contributed by atoms with E-state index in [2.05, 4.69) is 0 Å². The zero-order valence-electron chi connectivity index (χ0n) is 8.39. The molecule has 0 amide bonds. The van der Waals surface area contributed by atoms with Crippen LogP contribution in [0, 0.1) is 10.8 Å². The Morgan fingerprint density at radius 1 is 1.31 bits per heavy atom. The number of hydrogen-bond acceptors (Lipinski definition) is 2. The Balaban J connectivity index is 2.91. The molecule has 0 aromatic rings. The SMILES string of the molecule is CC1(C)CC(=O)CC(C)(C(=O)O)C1. The Hall–Kier alpha value is -0.860. The number of hydrogen-bond donors (Lipinski definition) is 1. The zero-order chi connectivity index (χ0) is 10.3. The number of aliphatic carboxylic acids is 1. The van der Waals surface area contributed by atoms with Crippen molar-refractivity contribution in [2.24, 2.45) is 10.8 Å². The smallest absolute Gasteiger partial charge is 0.309 e. The van der Waals surface area contributed by atoms with Crippen LogP contribution in [-0.4, -0.2) is 16.9 Å². The Morgan fingerprint density at radius 3 is 2.23 bits per heavy atom. The first kappa shape index (κ1) is 10.2. The number of Topliss-reactive ketones (excluding diaryl/α,β-unsaturated/α-hetero) is 1. The minimum Gasteiger partial charge on any atom is -0.481 e. The van der Waals surface area contributed by atoms with Crippen molar-refractivity contribution in [1.29, 1.82) is 0 Å². The molecule has 0 aromatic carbocycles. The molecule has 1 saturated carbocycles. The normalized spacial score (nSPS) is 33.0. The van der Waals surface area contributed by atoms with Gasteiger partial charge in [-0.05, 0) is 18.8 Å². The number of rotatable bonds is 1. The van der Waals surface area contributed by atoms with E-state index >= 15 is 0 Å². The molecule has 0 aromatic heterocycles. The summed E-state index contributed by atoms with van der Waals surface area (Å²) in [6, 6.07) is 0. The molecule has 0 bridgehead atoms. The van der Waals surface area contributed by atoms with Crippen LogP contribution in [0.25, 0.3) is 0 Å². The maximum atomic E-state index is 11.3. The summed E-state index contributed by atoms with van der Waals surface area (Å²) < 4.78 is 0. The molecule has 0 spiro atoms. The third-order valence-electron chi connectivity index (χ3n) is 2.65. The van der Waals surface area contributed by atoms with Crippen molar-refractivity contribution >= 4 is 11.8 Å². The average molecular weight is 184 g/mol. The fourth-order valence-corrected chi connectivity index (χ4v) is 2.36. The summed E-state index contributed by atoms with van der Waals surface area (Å²) in [4.78, 5) is 22.3.